The Morgan fingerprint density at radius 3 is 2.24 bits per heavy atom. The van der Waals surface area contributed by atoms with Gasteiger partial charge in [0.15, 0.2) is 5.75 Å². The Hall–Kier alpha value is -2.31. The molecule has 0 bridgehead atoms. The summed E-state index contributed by atoms with van der Waals surface area (Å²) in [4.78, 5) is 11.0. The average Bonchev–Trinajstić information content (AvgIpc) is 2.68. The van der Waals surface area contributed by atoms with Crippen LogP contribution >= 0.6 is 0 Å². The fourth-order valence-electron chi connectivity index (χ4n) is 1.88. The molecular formula is C14H13F3N2O2. The highest BCUT2D eigenvalue weighted by atomic mass is 19.4. The monoisotopic (exact) mass is 298 g/mol. The summed E-state index contributed by atoms with van der Waals surface area (Å²) in [7, 11) is 0. The highest BCUT2D eigenvalue weighted by Crippen LogP contribution is 2.38. The van der Waals surface area contributed by atoms with Crippen molar-refractivity contribution in [2.75, 3.05) is 0 Å². The van der Waals surface area contributed by atoms with Gasteiger partial charge in [0.1, 0.15) is 0 Å². The first-order valence-corrected chi connectivity index (χ1v) is 6.12. The number of carbonyl (C=O) groups is 1. The summed E-state index contributed by atoms with van der Waals surface area (Å²) in [5.41, 5.74) is 0.332. The molecule has 0 radical (unpaired) electrons. The summed E-state index contributed by atoms with van der Waals surface area (Å²) < 4.78 is 44.8. The zero-order valence-electron chi connectivity index (χ0n) is 11.7. The highest BCUT2D eigenvalue weighted by molar-refractivity contribution is 5.70. The van der Waals surface area contributed by atoms with Crippen molar-refractivity contribution in [3.8, 4) is 11.4 Å². The van der Waals surface area contributed by atoms with Gasteiger partial charge in [-0.2, -0.15) is 18.3 Å². The number of hydrogen-bond donors (Lipinski definition) is 0. The molecule has 0 saturated carbocycles. The topological polar surface area (TPSA) is 44.1 Å². The SMILES string of the molecule is CC(=O)Oc1c(C(F)(F)F)nn(-c2ccc(C)cc2)c1C. The minimum atomic E-state index is -4.70. The Morgan fingerprint density at radius 2 is 1.76 bits per heavy atom. The second-order valence-corrected chi connectivity index (χ2v) is 4.60. The second kappa shape index (κ2) is 5.23. The van der Waals surface area contributed by atoms with Gasteiger partial charge in [-0.05, 0) is 26.0 Å². The summed E-state index contributed by atoms with van der Waals surface area (Å²) in [5, 5.41) is 3.55. The molecule has 0 amide bonds. The van der Waals surface area contributed by atoms with Gasteiger partial charge in [0.05, 0.1) is 11.4 Å². The molecule has 0 aliphatic heterocycles. The quantitative estimate of drug-likeness (QED) is 0.798. The lowest BCUT2D eigenvalue weighted by atomic mass is 10.2. The molecule has 2 rings (SSSR count). The van der Waals surface area contributed by atoms with Crippen LogP contribution in [0.3, 0.4) is 0 Å². The lowest BCUT2D eigenvalue weighted by Crippen LogP contribution is -2.11. The Kier molecular flexibility index (Phi) is 3.76. The first-order chi connectivity index (χ1) is 9.70. The van der Waals surface area contributed by atoms with Crippen LogP contribution in [0.15, 0.2) is 24.3 Å². The predicted molar refractivity (Wildman–Crippen MR) is 69.3 cm³/mol. The molecule has 1 heterocycles. The third-order valence-electron chi connectivity index (χ3n) is 2.85. The standard InChI is InChI=1S/C14H13F3N2O2/c1-8-4-6-11(7-5-8)19-9(2)12(21-10(3)20)13(18-19)14(15,16)17/h4-7H,1-3H3. The van der Waals surface area contributed by atoms with E-state index in [0.717, 1.165) is 17.2 Å². The van der Waals surface area contributed by atoms with E-state index in [0.29, 0.717) is 5.69 Å². The van der Waals surface area contributed by atoms with E-state index >= 15 is 0 Å². The molecule has 2 aromatic rings. The van der Waals surface area contributed by atoms with Crippen molar-refractivity contribution >= 4 is 5.97 Å². The first-order valence-electron chi connectivity index (χ1n) is 6.12. The molecule has 0 aliphatic rings. The third-order valence-corrected chi connectivity index (χ3v) is 2.85. The first kappa shape index (κ1) is 15.1. The molecule has 1 aromatic carbocycles. The van der Waals surface area contributed by atoms with E-state index in [2.05, 4.69) is 9.84 Å². The van der Waals surface area contributed by atoms with Crippen LogP contribution in [-0.4, -0.2) is 15.7 Å². The number of aryl methyl sites for hydroxylation is 1. The summed E-state index contributed by atoms with van der Waals surface area (Å²) in [6.07, 6.45) is -4.70. The molecule has 0 saturated heterocycles. The van der Waals surface area contributed by atoms with Crippen molar-refractivity contribution in [3.63, 3.8) is 0 Å². The van der Waals surface area contributed by atoms with Crippen molar-refractivity contribution in [3.05, 3.63) is 41.2 Å². The molecule has 4 nitrogen and oxygen atoms in total. The Balaban J connectivity index is 2.60. The minimum absolute atomic E-state index is 0.112. The number of carbonyl (C=O) groups excluding carboxylic acids is 1. The number of aromatic nitrogens is 2. The van der Waals surface area contributed by atoms with Gasteiger partial charge in [-0.25, -0.2) is 4.68 Å². The van der Waals surface area contributed by atoms with Crippen LogP contribution in [0.1, 0.15) is 23.9 Å². The maximum atomic E-state index is 13.0. The van der Waals surface area contributed by atoms with Crippen molar-refractivity contribution < 1.29 is 22.7 Å². The van der Waals surface area contributed by atoms with E-state index in [1.807, 2.05) is 6.92 Å². The number of rotatable bonds is 2. The number of esters is 1. The van der Waals surface area contributed by atoms with Crippen molar-refractivity contribution in [1.29, 1.82) is 0 Å². The minimum Gasteiger partial charge on any atom is -0.422 e. The van der Waals surface area contributed by atoms with Gasteiger partial charge in [0.25, 0.3) is 0 Å². The molecule has 0 unspecified atom stereocenters. The largest absolute Gasteiger partial charge is 0.438 e. The Morgan fingerprint density at radius 1 is 1.19 bits per heavy atom. The smallest absolute Gasteiger partial charge is 0.422 e. The molecule has 1 aromatic heterocycles. The van der Waals surface area contributed by atoms with E-state index in [9.17, 15) is 18.0 Å². The average molecular weight is 298 g/mol. The normalized spacial score (nSPS) is 11.5. The molecule has 112 valence electrons. The summed E-state index contributed by atoms with van der Waals surface area (Å²) in [6, 6.07) is 6.81. The number of halogens is 3. The van der Waals surface area contributed by atoms with Crippen LogP contribution in [0.25, 0.3) is 5.69 Å². The molecule has 0 fully saturated rings. The van der Waals surface area contributed by atoms with Crippen LogP contribution in [-0.2, 0) is 11.0 Å². The van der Waals surface area contributed by atoms with Crippen LogP contribution in [0.2, 0.25) is 0 Å². The van der Waals surface area contributed by atoms with Crippen molar-refractivity contribution in [1.82, 2.24) is 9.78 Å². The van der Waals surface area contributed by atoms with Crippen LogP contribution < -0.4 is 4.74 Å². The fourth-order valence-corrected chi connectivity index (χ4v) is 1.88. The summed E-state index contributed by atoms with van der Waals surface area (Å²) >= 11 is 0. The highest BCUT2D eigenvalue weighted by Gasteiger charge is 2.40. The van der Waals surface area contributed by atoms with Crippen LogP contribution in [0.5, 0.6) is 5.75 Å². The lowest BCUT2D eigenvalue weighted by Gasteiger charge is -2.06. The maximum Gasteiger partial charge on any atom is 0.438 e. The Labute approximate surface area is 119 Å². The predicted octanol–water partition coefficient (Wildman–Crippen LogP) is 3.43. The third kappa shape index (κ3) is 3.07. The lowest BCUT2D eigenvalue weighted by molar-refractivity contribution is -0.144. The van der Waals surface area contributed by atoms with Crippen LogP contribution in [0, 0.1) is 13.8 Å². The molecular weight excluding hydrogens is 285 g/mol. The van der Waals surface area contributed by atoms with Gasteiger partial charge < -0.3 is 4.74 Å². The van der Waals surface area contributed by atoms with Gasteiger partial charge in [-0.15, -0.1) is 0 Å². The van der Waals surface area contributed by atoms with E-state index < -0.39 is 23.6 Å². The van der Waals surface area contributed by atoms with E-state index in [1.165, 1.54) is 6.92 Å². The van der Waals surface area contributed by atoms with Gasteiger partial charge >= 0.3 is 12.1 Å². The van der Waals surface area contributed by atoms with Gasteiger partial charge in [-0.1, -0.05) is 17.7 Å². The van der Waals surface area contributed by atoms with E-state index in [-0.39, 0.29) is 5.69 Å². The second-order valence-electron chi connectivity index (χ2n) is 4.60. The van der Waals surface area contributed by atoms with Gasteiger partial charge in [-0.3, -0.25) is 4.79 Å². The zero-order valence-corrected chi connectivity index (χ0v) is 11.7. The van der Waals surface area contributed by atoms with Crippen molar-refractivity contribution in [2.24, 2.45) is 0 Å². The summed E-state index contributed by atoms with van der Waals surface area (Å²) in [5.74, 6) is -1.39. The zero-order chi connectivity index (χ0) is 15.8. The van der Waals surface area contributed by atoms with Gasteiger partial charge in [0, 0.05) is 6.92 Å². The molecule has 0 aliphatic carbocycles. The molecule has 0 atom stereocenters. The number of alkyl halides is 3. The number of nitrogens with zero attached hydrogens (tertiary/aromatic N) is 2. The molecule has 0 N–H and O–H groups in total. The van der Waals surface area contributed by atoms with E-state index in [4.69, 9.17) is 0 Å². The number of benzene rings is 1. The van der Waals surface area contributed by atoms with Gasteiger partial charge in [0.2, 0.25) is 5.69 Å². The molecule has 0 spiro atoms. The maximum absolute atomic E-state index is 13.0. The summed E-state index contributed by atoms with van der Waals surface area (Å²) in [6.45, 7) is 4.33. The van der Waals surface area contributed by atoms with E-state index in [1.54, 1.807) is 24.3 Å². The molecule has 7 heteroatoms. The number of ether oxygens (including phenoxy) is 1. The van der Waals surface area contributed by atoms with Crippen LogP contribution in [0.4, 0.5) is 13.2 Å². The number of hydrogen-bond acceptors (Lipinski definition) is 3. The Bertz CT molecular complexity index is 673. The fraction of sp³-hybridized carbons (Fsp3) is 0.286. The molecule has 21 heavy (non-hydrogen) atoms. The van der Waals surface area contributed by atoms with Crippen molar-refractivity contribution in [2.45, 2.75) is 26.9 Å².